The molecule has 2 rings (SSSR count). The lowest BCUT2D eigenvalue weighted by atomic mass is 9.63. The molecule has 1 aromatic rings. The molecule has 0 saturated heterocycles. The normalized spacial score (nSPS) is 18.6. The largest absolute Gasteiger partial charge is 0.330 e. The van der Waals surface area contributed by atoms with Crippen LogP contribution in [0.2, 0.25) is 0 Å². The van der Waals surface area contributed by atoms with Crippen molar-refractivity contribution in [2.45, 2.75) is 31.4 Å². The highest BCUT2D eigenvalue weighted by molar-refractivity contribution is 5.37. The summed E-state index contributed by atoms with van der Waals surface area (Å²) in [4.78, 5) is 0. The van der Waals surface area contributed by atoms with Gasteiger partial charge in [-0.3, -0.25) is 0 Å². The second kappa shape index (κ2) is 3.89. The fourth-order valence-corrected chi connectivity index (χ4v) is 2.38. The van der Waals surface area contributed by atoms with Crippen molar-refractivity contribution in [3.63, 3.8) is 0 Å². The van der Waals surface area contributed by atoms with Crippen LogP contribution in [0.4, 0.5) is 8.78 Å². The summed E-state index contributed by atoms with van der Waals surface area (Å²) < 4.78 is 26.2. The number of hydrogen-bond donors (Lipinski definition) is 1. The fourth-order valence-electron chi connectivity index (χ4n) is 2.38. The van der Waals surface area contributed by atoms with E-state index in [0.717, 1.165) is 24.8 Å². The van der Waals surface area contributed by atoms with Crippen molar-refractivity contribution in [3.8, 4) is 0 Å². The van der Waals surface area contributed by atoms with Gasteiger partial charge in [0.2, 0.25) is 0 Å². The van der Waals surface area contributed by atoms with Crippen LogP contribution < -0.4 is 5.73 Å². The van der Waals surface area contributed by atoms with E-state index in [4.69, 9.17) is 5.73 Å². The maximum absolute atomic E-state index is 13.4. The van der Waals surface area contributed by atoms with Crippen molar-refractivity contribution < 1.29 is 8.78 Å². The molecule has 1 aliphatic rings. The van der Waals surface area contributed by atoms with E-state index < -0.39 is 12.5 Å². The quantitative estimate of drug-likeness (QED) is 0.817. The average Bonchev–Trinajstić information content (AvgIpc) is 2.17. The average molecular weight is 211 g/mol. The second-order valence-electron chi connectivity index (χ2n) is 4.24. The van der Waals surface area contributed by atoms with Gasteiger partial charge in [0.1, 0.15) is 12.5 Å². The number of rotatable bonds is 3. The lowest BCUT2D eigenvalue weighted by Gasteiger charge is -2.42. The van der Waals surface area contributed by atoms with Crippen LogP contribution in [0.25, 0.3) is 0 Å². The van der Waals surface area contributed by atoms with Gasteiger partial charge in [-0.05, 0) is 24.5 Å². The lowest BCUT2D eigenvalue weighted by Crippen LogP contribution is -2.42. The Morgan fingerprint density at radius 1 is 1.33 bits per heavy atom. The molecule has 0 atom stereocenters. The van der Waals surface area contributed by atoms with E-state index in [1.165, 1.54) is 6.07 Å². The molecule has 0 aromatic heterocycles. The van der Waals surface area contributed by atoms with Crippen LogP contribution in [0.5, 0.6) is 0 Å². The standard InChI is InChI=1S/C12H15F2N/c13-7-9-10(3-1-4-11(9)14)12(8-15)5-2-6-12/h1,3-4H,2,5-8,15H2. The Morgan fingerprint density at radius 2 is 2.07 bits per heavy atom. The number of halogens is 2. The van der Waals surface area contributed by atoms with Gasteiger partial charge in [-0.1, -0.05) is 18.6 Å². The highest BCUT2D eigenvalue weighted by atomic mass is 19.1. The van der Waals surface area contributed by atoms with Crippen LogP contribution in [0, 0.1) is 5.82 Å². The van der Waals surface area contributed by atoms with Gasteiger partial charge in [0.25, 0.3) is 0 Å². The first-order chi connectivity index (χ1) is 7.23. The van der Waals surface area contributed by atoms with Gasteiger partial charge in [-0.25, -0.2) is 8.78 Å². The van der Waals surface area contributed by atoms with E-state index in [0.29, 0.717) is 6.54 Å². The Bertz CT molecular complexity index is 353. The summed E-state index contributed by atoms with van der Waals surface area (Å²) >= 11 is 0. The first kappa shape index (κ1) is 10.6. The monoisotopic (exact) mass is 211 g/mol. The molecule has 0 amide bonds. The van der Waals surface area contributed by atoms with Gasteiger partial charge in [-0.15, -0.1) is 0 Å². The molecule has 1 aliphatic carbocycles. The molecule has 82 valence electrons. The molecule has 15 heavy (non-hydrogen) atoms. The number of alkyl halides is 1. The summed E-state index contributed by atoms with van der Waals surface area (Å²) in [5.41, 5.74) is 6.54. The zero-order valence-electron chi connectivity index (χ0n) is 8.60. The molecule has 1 saturated carbocycles. The van der Waals surface area contributed by atoms with Gasteiger partial charge in [0.15, 0.2) is 0 Å². The van der Waals surface area contributed by atoms with Gasteiger partial charge < -0.3 is 5.73 Å². The molecule has 1 nitrogen and oxygen atoms in total. The highest BCUT2D eigenvalue weighted by Crippen LogP contribution is 2.44. The Hall–Kier alpha value is -0.960. The van der Waals surface area contributed by atoms with Crippen molar-refractivity contribution in [2.24, 2.45) is 5.73 Å². The van der Waals surface area contributed by atoms with Crippen molar-refractivity contribution in [3.05, 3.63) is 35.1 Å². The van der Waals surface area contributed by atoms with Gasteiger partial charge in [-0.2, -0.15) is 0 Å². The highest BCUT2D eigenvalue weighted by Gasteiger charge is 2.39. The molecule has 3 heteroatoms. The fraction of sp³-hybridized carbons (Fsp3) is 0.500. The maximum Gasteiger partial charge on any atom is 0.129 e. The van der Waals surface area contributed by atoms with Crippen molar-refractivity contribution >= 4 is 0 Å². The zero-order valence-corrected chi connectivity index (χ0v) is 8.60. The summed E-state index contributed by atoms with van der Waals surface area (Å²) in [5, 5.41) is 0. The predicted molar refractivity (Wildman–Crippen MR) is 55.8 cm³/mol. The van der Waals surface area contributed by atoms with Crippen LogP contribution in [0.1, 0.15) is 30.4 Å². The molecule has 2 N–H and O–H groups in total. The Kier molecular flexibility index (Phi) is 2.74. The molecule has 0 bridgehead atoms. The van der Waals surface area contributed by atoms with Crippen LogP contribution in [-0.2, 0) is 12.1 Å². The van der Waals surface area contributed by atoms with Gasteiger partial charge >= 0.3 is 0 Å². The summed E-state index contributed by atoms with van der Waals surface area (Å²) in [6.45, 7) is -0.271. The minimum Gasteiger partial charge on any atom is -0.330 e. The van der Waals surface area contributed by atoms with E-state index in [1.54, 1.807) is 6.07 Å². The third kappa shape index (κ3) is 1.55. The number of benzene rings is 1. The third-order valence-electron chi connectivity index (χ3n) is 3.53. The molecular formula is C12H15F2N. The summed E-state index contributed by atoms with van der Waals surface area (Å²) in [7, 11) is 0. The minimum absolute atomic E-state index is 0.163. The van der Waals surface area contributed by atoms with Crippen LogP contribution >= 0.6 is 0 Å². The van der Waals surface area contributed by atoms with Gasteiger partial charge in [0.05, 0.1) is 0 Å². The van der Waals surface area contributed by atoms with Crippen molar-refractivity contribution in [2.75, 3.05) is 6.54 Å². The Balaban J connectivity index is 2.46. The first-order valence-corrected chi connectivity index (χ1v) is 5.27. The van der Waals surface area contributed by atoms with E-state index >= 15 is 0 Å². The van der Waals surface area contributed by atoms with E-state index in [1.807, 2.05) is 6.07 Å². The molecule has 0 heterocycles. The molecular weight excluding hydrogens is 196 g/mol. The molecule has 0 unspecified atom stereocenters. The minimum atomic E-state index is -0.746. The molecule has 0 aliphatic heterocycles. The molecule has 0 radical (unpaired) electrons. The predicted octanol–water partition coefficient (Wildman–Crippen LogP) is 2.68. The van der Waals surface area contributed by atoms with Crippen molar-refractivity contribution in [1.82, 2.24) is 0 Å². The first-order valence-electron chi connectivity index (χ1n) is 5.27. The SMILES string of the molecule is NCC1(c2cccc(F)c2CF)CCC1. The van der Waals surface area contributed by atoms with Gasteiger partial charge in [0, 0.05) is 17.5 Å². The molecule has 0 spiro atoms. The maximum atomic E-state index is 13.4. The summed E-state index contributed by atoms with van der Waals surface area (Å²) in [6.07, 6.45) is 2.99. The third-order valence-corrected chi connectivity index (χ3v) is 3.53. The second-order valence-corrected chi connectivity index (χ2v) is 4.24. The number of hydrogen-bond acceptors (Lipinski definition) is 1. The Morgan fingerprint density at radius 3 is 2.53 bits per heavy atom. The lowest BCUT2D eigenvalue weighted by molar-refractivity contribution is 0.247. The zero-order chi connectivity index (χ0) is 10.9. The topological polar surface area (TPSA) is 26.0 Å². The van der Waals surface area contributed by atoms with E-state index in [-0.39, 0.29) is 11.0 Å². The Labute approximate surface area is 88.3 Å². The van der Waals surface area contributed by atoms with Crippen LogP contribution in [0.15, 0.2) is 18.2 Å². The van der Waals surface area contributed by atoms with E-state index in [9.17, 15) is 8.78 Å². The number of nitrogens with two attached hydrogens (primary N) is 1. The van der Waals surface area contributed by atoms with Crippen molar-refractivity contribution in [1.29, 1.82) is 0 Å². The molecule has 1 aromatic carbocycles. The van der Waals surface area contributed by atoms with Crippen LogP contribution in [0.3, 0.4) is 0 Å². The van der Waals surface area contributed by atoms with E-state index in [2.05, 4.69) is 0 Å². The summed E-state index contributed by atoms with van der Waals surface area (Å²) in [6, 6.07) is 4.75. The smallest absolute Gasteiger partial charge is 0.129 e. The summed E-state index contributed by atoms with van der Waals surface area (Å²) in [5.74, 6) is -0.449. The molecule has 1 fully saturated rings. The van der Waals surface area contributed by atoms with Crippen LogP contribution in [-0.4, -0.2) is 6.54 Å².